The summed E-state index contributed by atoms with van der Waals surface area (Å²) in [6.45, 7) is 5.77. The molecular formula is C25H27NO3. The summed E-state index contributed by atoms with van der Waals surface area (Å²) in [5.74, 6) is 1.70. The highest BCUT2D eigenvalue weighted by molar-refractivity contribution is 5.77. The molecular weight excluding hydrogens is 362 g/mol. The van der Waals surface area contributed by atoms with Crippen molar-refractivity contribution in [3.05, 3.63) is 77.9 Å². The van der Waals surface area contributed by atoms with E-state index in [0.717, 1.165) is 41.6 Å². The third-order valence-electron chi connectivity index (χ3n) is 5.24. The van der Waals surface area contributed by atoms with Gasteiger partial charge in [0.05, 0.1) is 13.7 Å². The Balaban J connectivity index is 1.68. The molecule has 4 heteroatoms. The number of hydrogen-bond acceptors (Lipinski definition) is 4. The molecule has 1 fully saturated rings. The predicted octanol–water partition coefficient (Wildman–Crippen LogP) is 5.81. The van der Waals surface area contributed by atoms with Crippen molar-refractivity contribution in [2.45, 2.75) is 26.4 Å². The van der Waals surface area contributed by atoms with Crippen LogP contribution in [-0.4, -0.2) is 26.4 Å². The van der Waals surface area contributed by atoms with Crippen molar-refractivity contribution < 1.29 is 14.2 Å². The summed E-state index contributed by atoms with van der Waals surface area (Å²) in [5.41, 5.74) is 5.97. The zero-order valence-electron chi connectivity index (χ0n) is 17.2. The van der Waals surface area contributed by atoms with Crippen molar-refractivity contribution >= 4 is 17.1 Å². The molecule has 1 atom stereocenters. The largest absolute Gasteiger partial charge is 0.497 e. The molecule has 0 aliphatic carbocycles. The van der Waals surface area contributed by atoms with Gasteiger partial charge in [0.15, 0.2) is 0 Å². The lowest BCUT2D eigenvalue weighted by atomic mass is 10.0. The van der Waals surface area contributed by atoms with Crippen LogP contribution in [0.4, 0.5) is 17.1 Å². The summed E-state index contributed by atoms with van der Waals surface area (Å²) >= 11 is 0. The van der Waals surface area contributed by atoms with E-state index < -0.39 is 0 Å². The highest BCUT2D eigenvalue weighted by Gasteiger charge is 2.23. The van der Waals surface area contributed by atoms with Crippen LogP contribution in [0, 0.1) is 6.92 Å². The molecule has 150 valence electrons. The first-order valence-electron chi connectivity index (χ1n) is 10.1. The first kappa shape index (κ1) is 19.3. The maximum atomic E-state index is 5.80. The maximum Gasteiger partial charge on any atom is 0.119 e. The third-order valence-corrected chi connectivity index (χ3v) is 5.24. The number of hydrogen-bond donors (Lipinski definition) is 0. The van der Waals surface area contributed by atoms with Gasteiger partial charge in [-0.1, -0.05) is 13.0 Å². The van der Waals surface area contributed by atoms with Gasteiger partial charge >= 0.3 is 0 Å². The van der Waals surface area contributed by atoms with Crippen LogP contribution in [0.25, 0.3) is 0 Å². The van der Waals surface area contributed by atoms with E-state index >= 15 is 0 Å². The van der Waals surface area contributed by atoms with Gasteiger partial charge in [-0.3, -0.25) is 0 Å². The Morgan fingerprint density at radius 1 is 0.897 bits per heavy atom. The zero-order valence-corrected chi connectivity index (χ0v) is 17.2. The number of rotatable bonds is 8. The van der Waals surface area contributed by atoms with E-state index in [1.807, 2.05) is 24.3 Å². The van der Waals surface area contributed by atoms with Gasteiger partial charge in [-0.05, 0) is 85.1 Å². The number of epoxide rings is 1. The molecule has 4 rings (SSSR count). The fourth-order valence-electron chi connectivity index (χ4n) is 3.40. The normalized spacial score (nSPS) is 15.1. The molecule has 29 heavy (non-hydrogen) atoms. The average molecular weight is 389 g/mol. The van der Waals surface area contributed by atoms with Crippen LogP contribution in [0.2, 0.25) is 0 Å². The molecule has 1 heterocycles. The molecule has 0 aromatic heterocycles. The van der Waals surface area contributed by atoms with Crippen molar-refractivity contribution in [2.75, 3.05) is 25.2 Å². The van der Waals surface area contributed by atoms with Crippen molar-refractivity contribution in [3.63, 3.8) is 0 Å². The minimum Gasteiger partial charge on any atom is -0.497 e. The quantitative estimate of drug-likeness (QED) is 0.455. The standard InChI is InChI=1S/C25H27NO3/c1-4-19-15-22(6-5-18(19)2)26(20-7-11-23(27-3)12-8-20)21-9-13-24(14-10-21)28-16-25-17-29-25/h5-15,25H,4,16-17H2,1-3H3. The van der Waals surface area contributed by atoms with E-state index in [-0.39, 0.29) is 6.10 Å². The van der Waals surface area contributed by atoms with Crippen LogP contribution in [0.5, 0.6) is 11.5 Å². The van der Waals surface area contributed by atoms with E-state index in [9.17, 15) is 0 Å². The highest BCUT2D eigenvalue weighted by Crippen LogP contribution is 2.37. The van der Waals surface area contributed by atoms with Crippen molar-refractivity contribution in [1.82, 2.24) is 0 Å². The van der Waals surface area contributed by atoms with Gasteiger partial charge in [0.25, 0.3) is 0 Å². The van der Waals surface area contributed by atoms with Gasteiger partial charge in [-0.15, -0.1) is 0 Å². The van der Waals surface area contributed by atoms with Gasteiger partial charge in [0, 0.05) is 17.1 Å². The molecule has 0 bridgehead atoms. The summed E-state index contributed by atoms with van der Waals surface area (Å²) in [5, 5.41) is 0. The number of anilines is 3. The lowest BCUT2D eigenvalue weighted by molar-refractivity contribution is 0.263. The molecule has 1 saturated heterocycles. The van der Waals surface area contributed by atoms with Crippen LogP contribution in [0.3, 0.4) is 0 Å². The van der Waals surface area contributed by atoms with Crippen molar-refractivity contribution in [1.29, 1.82) is 0 Å². The summed E-state index contributed by atoms with van der Waals surface area (Å²) in [7, 11) is 1.69. The van der Waals surface area contributed by atoms with Crippen LogP contribution >= 0.6 is 0 Å². The van der Waals surface area contributed by atoms with E-state index in [4.69, 9.17) is 14.2 Å². The molecule has 3 aromatic rings. The molecule has 1 aliphatic heterocycles. The maximum absolute atomic E-state index is 5.80. The Bertz CT molecular complexity index is 947. The monoisotopic (exact) mass is 389 g/mol. The lowest BCUT2D eigenvalue weighted by Gasteiger charge is -2.26. The van der Waals surface area contributed by atoms with Crippen LogP contribution in [0.15, 0.2) is 66.7 Å². The Labute approximate surface area is 172 Å². The molecule has 0 amide bonds. The minimum absolute atomic E-state index is 0.255. The second-order valence-electron chi connectivity index (χ2n) is 7.26. The van der Waals surface area contributed by atoms with Gasteiger partial charge in [0.1, 0.15) is 24.2 Å². The Morgan fingerprint density at radius 2 is 1.48 bits per heavy atom. The molecule has 1 aliphatic rings. The molecule has 4 nitrogen and oxygen atoms in total. The topological polar surface area (TPSA) is 34.2 Å². The second-order valence-corrected chi connectivity index (χ2v) is 7.26. The summed E-state index contributed by atoms with van der Waals surface area (Å²) in [6, 6.07) is 23.0. The predicted molar refractivity (Wildman–Crippen MR) is 117 cm³/mol. The molecule has 0 N–H and O–H groups in total. The van der Waals surface area contributed by atoms with E-state index in [0.29, 0.717) is 6.61 Å². The van der Waals surface area contributed by atoms with Gasteiger partial charge in [-0.2, -0.15) is 0 Å². The first-order valence-corrected chi connectivity index (χ1v) is 10.1. The number of methoxy groups -OCH3 is 1. The first-order chi connectivity index (χ1) is 14.2. The lowest BCUT2D eigenvalue weighted by Crippen LogP contribution is -2.11. The summed E-state index contributed by atoms with van der Waals surface area (Å²) < 4.78 is 16.3. The zero-order chi connectivity index (χ0) is 20.2. The third kappa shape index (κ3) is 4.54. The van der Waals surface area contributed by atoms with Gasteiger partial charge in [0.2, 0.25) is 0 Å². The molecule has 3 aromatic carbocycles. The molecule has 1 unspecified atom stereocenters. The fraction of sp³-hybridized carbons (Fsp3) is 0.280. The molecule has 0 radical (unpaired) electrons. The fourth-order valence-corrected chi connectivity index (χ4v) is 3.40. The number of ether oxygens (including phenoxy) is 3. The highest BCUT2D eigenvalue weighted by atomic mass is 16.6. The summed E-state index contributed by atoms with van der Waals surface area (Å²) in [6.07, 6.45) is 1.26. The van der Waals surface area contributed by atoms with E-state index in [1.54, 1.807) is 7.11 Å². The Morgan fingerprint density at radius 3 is 2.03 bits per heavy atom. The average Bonchev–Trinajstić information content (AvgIpc) is 3.59. The second kappa shape index (κ2) is 8.58. The van der Waals surface area contributed by atoms with Gasteiger partial charge < -0.3 is 19.1 Å². The van der Waals surface area contributed by atoms with Crippen LogP contribution in [0.1, 0.15) is 18.1 Å². The smallest absolute Gasteiger partial charge is 0.119 e. The molecule has 0 saturated carbocycles. The Kier molecular flexibility index (Phi) is 5.72. The van der Waals surface area contributed by atoms with Crippen molar-refractivity contribution in [2.24, 2.45) is 0 Å². The number of nitrogens with zero attached hydrogens (tertiary/aromatic N) is 1. The minimum atomic E-state index is 0.255. The Hall–Kier alpha value is -2.98. The van der Waals surface area contributed by atoms with Crippen LogP contribution < -0.4 is 14.4 Å². The summed E-state index contributed by atoms with van der Waals surface area (Å²) in [4.78, 5) is 2.26. The SMILES string of the molecule is CCc1cc(N(c2ccc(OC)cc2)c2ccc(OCC3CO3)cc2)ccc1C. The molecule has 0 spiro atoms. The van der Waals surface area contributed by atoms with Crippen molar-refractivity contribution in [3.8, 4) is 11.5 Å². The van der Waals surface area contributed by atoms with E-state index in [2.05, 4.69) is 61.2 Å². The number of aryl methyl sites for hydroxylation is 2. The van der Waals surface area contributed by atoms with Crippen LogP contribution in [-0.2, 0) is 11.2 Å². The van der Waals surface area contributed by atoms with Gasteiger partial charge in [-0.25, -0.2) is 0 Å². The van der Waals surface area contributed by atoms with E-state index in [1.165, 1.54) is 11.1 Å². The number of benzene rings is 3.